The van der Waals surface area contributed by atoms with E-state index < -0.39 is 0 Å². The molecule has 1 aromatic carbocycles. The van der Waals surface area contributed by atoms with Crippen LogP contribution in [0.25, 0.3) is 10.6 Å². The van der Waals surface area contributed by atoms with Gasteiger partial charge in [0.25, 0.3) is 0 Å². The normalized spacial score (nSPS) is 15.5. The van der Waals surface area contributed by atoms with Gasteiger partial charge >= 0.3 is 0 Å². The summed E-state index contributed by atoms with van der Waals surface area (Å²) in [6.07, 6.45) is 4.98. The van der Waals surface area contributed by atoms with Crippen molar-refractivity contribution in [2.75, 3.05) is 13.1 Å². The van der Waals surface area contributed by atoms with Crippen LogP contribution in [0.2, 0.25) is 10.0 Å². The average Bonchev–Trinajstić information content (AvgIpc) is 2.81. The number of carbonyl (C=O) groups excluding carboxylic acids is 1. The monoisotopic (exact) mass is 368 g/mol. The van der Waals surface area contributed by atoms with Crippen LogP contribution < -0.4 is 0 Å². The molecule has 1 saturated heterocycles. The maximum Gasteiger partial charge on any atom is 0.228 e. The average molecular weight is 369 g/mol. The first kappa shape index (κ1) is 16.7. The summed E-state index contributed by atoms with van der Waals surface area (Å²) in [4.78, 5) is 19.0. The van der Waals surface area contributed by atoms with Gasteiger partial charge in [0, 0.05) is 24.0 Å². The number of aromatic nitrogens is 1. The highest BCUT2D eigenvalue weighted by Gasteiger charge is 2.18. The molecule has 0 saturated carbocycles. The van der Waals surface area contributed by atoms with Crippen LogP contribution in [-0.2, 0) is 11.2 Å². The van der Waals surface area contributed by atoms with Crippen molar-refractivity contribution in [2.45, 2.75) is 32.1 Å². The van der Waals surface area contributed by atoms with Crippen LogP contribution in [0.1, 0.15) is 31.4 Å². The predicted octanol–water partition coefficient (Wildman–Crippen LogP) is 5.06. The summed E-state index contributed by atoms with van der Waals surface area (Å²) in [7, 11) is 0. The van der Waals surface area contributed by atoms with Gasteiger partial charge in [0.05, 0.1) is 22.2 Å². The number of hydrogen-bond acceptors (Lipinski definition) is 3. The first-order valence-electron chi connectivity index (χ1n) is 7.81. The molecule has 0 aliphatic carbocycles. The third-order valence-electron chi connectivity index (χ3n) is 4.02. The van der Waals surface area contributed by atoms with E-state index >= 15 is 0 Å². The Bertz CT molecular complexity index is 673. The minimum atomic E-state index is 0.161. The molecular weight excluding hydrogens is 351 g/mol. The van der Waals surface area contributed by atoms with E-state index in [-0.39, 0.29) is 5.91 Å². The second-order valence-electron chi connectivity index (χ2n) is 5.71. The second-order valence-corrected chi connectivity index (χ2v) is 7.38. The number of benzene rings is 1. The Morgan fingerprint density at radius 1 is 1.13 bits per heavy atom. The summed E-state index contributed by atoms with van der Waals surface area (Å²) in [6, 6.07) is 5.41. The van der Waals surface area contributed by atoms with Crippen molar-refractivity contribution >= 4 is 40.4 Å². The maximum atomic E-state index is 12.4. The summed E-state index contributed by atoms with van der Waals surface area (Å²) < 4.78 is 0. The van der Waals surface area contributed by atoms with Crippen LogP contribution in [0.15, 0.2) is 23.6 Å². The summed E-state index contributed by atoms with van der Waals surface area (Å²) in [5, 5.41) is 3.85. The zero-order valence-corrected chi connectivity index (χ0v) is 15.1. The summed E-state index contributed by atoms with van der Waals surface area (Å²) >= 11 is 13.9. The Hall–Kier alpha value is -1.10. The second kappa shape index (κ2) is 7.65. The number of amides is 1. The van der Waals surface area contributed by atoms with E-state index in [2.05, 4.69) is 4.98 Å². The van der Waals surface area contributed by atoms with E-state index in [1.54, 1.807) is 12.1 Å². The maximum absolute atomic E-state index is 12.4. The smallest absolute Gasteiger partial charge is 0.228 e. The Labute approximate surface area is 150 Å². The van der Waals surface area contributed by atoms with Crippen molar-refractivity contribution < 1.29 is 4.79 Å². The van der Waals surface area contributed by atoms with Gasteiger partial charge < -0.3 is 4.90 Å². The molecule has 0 bridgehead atoms. The van der Waals surface area contributed by atoms with Crippen LogP contribution in [0, 0.1) is 0 Å². The lowest BCUT2D eigenvalue weighted by molar-refractivity contribution is -0.130. The third kappa shape index (κ3) is 4.06. The van der Waals surface area contributed by atoms with E-state index in [0.29, 0.717) is 16.5 Å². The minimum Gasteiger partial charge on any atom is -0.342 e. The topological polar surface area (TPSA) is 33.2 Å². The van der Waals surface area contributed by atoms with Crippen molar-refractivity contribution in [3.05, 3.63) is 39.3 Å². The molecule has 1 aliphatic heterocycles. The molecule has 1 fully saturated rings. The number of likely N-dealkylation sites (tertiary alicyclic amines) is 1. The molecule has 6 heteroatoms. The molecule has 0 atom stereocenters. The number of thiazole rings is 1. The van der Waals surface area contributed by atoms with E-state index in [4.69, 9.17) is 23.2 Å². The molecule has 2 aromatic rings. The first-order valence-corrected chi connectivity index (χ1v) is 9.45. The SMILES string of the molecule is O=C(Cc1csc(-c2c(Cl)cccc2Cl)n1)N1CCCCCC1. The standard InChI is InChI=1S/C17H18Cl2N2OS/c18-13-6-5-7-14(19)16(13)17-20-12(11-23-17)10-15(22)21-8-3-1-2-4-9-21/h5-7,11H,1-4,8-10H2. The fourth-order valence-electron chi connectivity index (χ4n) is 2.79. The fourth-order valence-corrected chi connectivity index (χ4v) is 4.37. The van der Waals surface area contributed by atoms with E-state index in [1.807, 2.05) is 16.3 Å². The van der Waals surface area contributed by atoms with Gasteiger partial charge in [0.15, 0.2) is 0 Å². The lowest BCUT2D eigenvalue weighted by atomic mass is 10.2. The molecular formula is C17H18Cl2N2OS. The van der Waals surface area contributed by atoms with Gasteiger partial charge in [-0.25, -0.2) is 4.98 Å². The van der Waals surface area contributed by atoms with Crippen LogP contribution in [0.4, 0.5) is 0 Å². The molecule has 1 aromatic heterocycles. The Balaban J connectivity index is 1.73. The van der Waals surface area contributed by atoms with Crippen molar-refractivity contribution in [3.8, 4) is 10.6 Å². The quantitative estimate of drug-likeness (QED) is 0.758. The lowest BCUT2D eigenvalue weighted by Crippen LogP contribution is -2.33. The highest BCUT2D eigenvalue weighted by molar-refractivity contribution is 7.13. The Morgan fingerprint density at radius 3 is 2.43 bits per heavy atom. The van der Waals surface area contributed by atoms with Crippen LogP contribution in [0.5, 0.6) is 0 Å². The van der Waals surface area contributed by atoms with Gasteiger partial charge in [-0.2, -0.15) is 0 Å². The molecule has 2 heterocycles. The van der Waals surface area contributed by atoms with Crippen molar-refractivity contribution in [2.24, 2.45) is 0 Å². The highest BCUT2D eigenvalue weighted by Crippen LogP contribution is 2.36. The van der Waals surface area contributed by atoms with Gasteiger partial charge in [-0.05, 0) is 25.0 Å². The van der Waals surface area contributed by atoms with Gasteiger partial charge in [0.1, 0.15) is 5.01 Å². The predicted molar refractivity (Wildman–Crippen MR) is 96.3 cm³/mol. The van der Waals surface area contributed by atoms with Crippen LogP contribution in [-0.4, -0.2) is 28.9 Å². The van der Waals surface area contributed by atoms with Gasteiger partial charge in [-0.15, -0.1) is 11.3 Å². The summed E-state index contributed by atoms with van der Waals surface area (Å²) in [6.45, 7) is 1.73. The summed E-state index contributed by atoms with van der Waals surface area (Å²) in [5.74, 6) is 0.161. The molecule has 1 aliphatic rings. The van der Waals surface area contributed by atoms with Crippen molar-refractivity contribution in [3.63, 3.8) is 0 Å². The minimum absolute atomic E-state index is 0.161. The fraction of sp³-hybridized carbons (Fsp3) is 0.412. The van der Waals surface area contributed by atoms with Gasteiger partial charge in [0.2, 0.25) is 5.91 Å². The molecule has 122 valence electrons. The molecule has 0 N–H and O–H groups in total. The number of rotatable bonds is 3. The number of carbonyl (C=O) groups is 1. The van der Waals surface area contributed by atoms with Crippen molar-refractivity contribution in [1.29, 1.82) is 0 Å². The van der Waals surface area contributed by atoms with Crippen molar-refractivity contribution in [1.82, 2.24) is 9.88 Å². The zero-order valence-electron chi connectivity index (χ0n) is 12.7. The van der Waals surface area contributed by atoms with E-state index in [9.17, 15) is 4.79 Å². The van der Waals surface area contributed by atoms with Crippen LogP contribution >= 0.6 is 34.5 Å². The summed E-state index contributed by atoms with van der Waals surface area (Å²) in [5.41, 5.74) is 1.53. The van der Waals surface area contributed by atoms with Gasteiger partial charge in [-0.1, -0.05) is 42.1 Å². The van der Waals surface area contributed by atoms with E-state index in [1.165, 1.54) is 24.2 Å². The molecule has 1 amide bonds. The number of hydrogen-bond donors (Lipinski definition) is 0. The molecule has 3 rings (SSSR count). The molecule has 23 heavy (non-hydrogen) atoms. The molecule has 0 spiro atoms. The zero-order chi connectivity index (χ0) is 16.2. The highest BCUT2D eigenvalue weighted by atomic mass is 35.5. The molecule has 0 radical (unpaired) electrons. The van der Waals surface area contributed by atoms with Crippen LogP contribution in [0.3, 0.4) is 0 Å². The largest absolute Gasteiger partial charge is 0.342 e. The van der Waals surface area contributed by atoms with Gasteiger partial charge in [-0.3, -0.25) is 4.79 Å². The third-order valence-corrected chi connectivity index (χ3v) is 5.56. The van der Waals surface area contributed by atoms with E-state index in [0.717, 1.165) is 42.2 Å². The first-order chi connectivity index (χ1) is 11.1. The lowest BCUT2D eigenvalue weighted by Gasteiger charge is -2.19. The Kier molecular flexibility index (Phi) is 5.57. The molecule has 3 nitrogen and oxygen atoms in total. The number of nitrogens with zero attached hydrogens (tertiary/aromatic N) is 2. The number of halogens is 2. The molecule has 0 unspecified atom stereocenters. The Morgan fingerprint density at radius 2 is 1.78 bits per heavy atom.